The van der Waals surface area contributed by atoms with Gasteiger partial charge in [-0.1, -0.05) is 31.2 Å². The molecular formula is C16H27N3. The summed E-state index contributed by atoms with van der Waals surface area (Å²) in [6.45, 7) is 6.78. The number of hydrogen-bond acceptors (Lipinski definition) is 3. The molecule has 0 radical (unpaired) electrons. The van der Waals surface area contributed by atoms with E-state index in [4.69, 9.17) is 0 Å². The van der Waals surface area contributed by atoms with Crippen LogP contribution in [-0.4, -0.2) is 50.1 Å². The van der Waals surface area contributed by atoms with E-state index in [1.807, 2.05) is 7.05 Å². The molecule has 19 heavy (non-hydrogen) atoms. The smallest absolute Gasteiger partial charge is 0.0254 e. The second-order valence-corrected chi connectivity index (χ2v) is 6.00. The quantitative estimate of drug-likeness (QED) is 0.872. The maximum absolute atomic E-state index is 3.26. The van der Waals surface area contributed by atoms with Crippen molar-refractivity contribution < 1.29 is 0 Å². The van der Waals surface area contributed by atoms with Crippen molar-refractivity contribution in [2.75, 3.05) is 34.2 Å². The Bertz CT molecular complexity index is 403. The molecule has 1 fully saturated rings. The molecule has 0 aliphatic carbocycles. The first-order valence-electron chi connectivity index (χ1n) is 7.22. The molecule has 2 rings (SSSR count). The fraction of sp³-hybridized carbons (Fsp3) is 0.625. The molecular weight excluding hydrogens is 234 g/mol. The van der Waals surface area contributed by atoms with Gasteiger partial charge in [0.1, 0.15) is 0 Å². The number of hydrogen-bond donors (Lipinski definition) is 1. The highest BCUT2D eigenvalue weighted by Gasteiger charge is 2.30. The Morgan fingerprint density at radius 2 is 1.89 bits per heavy atom. The van der Waals surface area contributed by atoms with Crippen LogP contribution in [0.1, 0.15) is 18.1 Å². The Kier molecular flexibility index (Phi) is 4.97. The van der Waals surface area contributed by atoms with Crippen LogP contribution in [0.4, 0.5) is 0 Å². The molecule has 2 unspecified atom stereocenters. The summed E-state index contributed by atoms with van der Waals surface area (Å²) < 4.78 is 0. The van der Waals surface area contributed by atoms with E-state index in [-0.39, 0.29) is 0 Å². The van der Waals surface area contributed by atoms with Crippen molar-refractivity contribution >= 4 is 0 Å². The minimum Gasteiger partial charge on any atom is -0.316 e. The summed E-state index contributed by atoms with van der Waals surface area (Å²) in [4.78, 5) is 4.95. The summed E-state index contributed by atoms with van der Waals surface area (Å²) in [5, 5.41) is 3.26. The molecule has 106 valence electrons. The van der Waals surface area contributed by atoms with E-state index in [9.17, 15) is 0 Å². The van der Waals surface area contributed by atoms with Gasteiger partial charge in [0.15, 0.2) is 0 Å². The molecule has 1 aromatic carbocycles. The van der Waals surface area contributed by atoms with Crippen molar-refractivity contribution in [3.05, 3.63) is 35.4 Å². The van der Waals surface area contributed by atoms with Crippen molar-refractivity contribution in [1.82, 2.24) is 15.1 Å². The lowest BCUT2D eigenvalue weighted by molar-refractivity contribution is 0.250. The Morgan fingerprint density at radius 3 is 2.47 bits per heavy atom. The molecule has 1 N–H and O–H groups in total. The van der Waals surface area contributed by atoms with Gasteiger partial charge in [0, 0.05) is 32.2 Å². The van der Waals surface area contributed by atoms with E-state index >= 15 is 0 Å². The van der Waals surface area contributed by atoms with E-state index in [2.05, 4.69) is 60.4 Å². The third-order valence-corrected chi connectivity index (χ3v) is 4.19. The first-order chi connectivity index (χ1) is 9.11. The second-order valence-electron chi connectivity index (χ2n) is 6.00. The van der Waals surface area contributed by atoms with Crippen LogP contribution in [0.3, 0.4) is 0 Å². The molecule has 1 saturated heterocycles. The third-order valence-electron chi connectivity index (χ3n) is 4.19. The zero-order valence-electron chi connectivity index (χ0n) is 12.7. The number of likely N-dealkylation sites (tertiary alicyclic amines) is 1. The maximum Gasteiger partial charge on any atom is 0.0254 e. The molecule has 3 heteroatoms. The van der Waals surface area contributed by atoms with Crippen molar-refractivity contribution in [2.24, 2.45) is 5.92 Å². The zero-order valence-corrected chi connectivity index (χ0v) is 12.7. The summed E-state index contributed by atoms with van der Waals surface area (Å²) >= 11 is 0. The van der Waals surface area contributed by atoms with Gasteiger partial charge in [-0.25, -0.2) is 0 Å². The summed E-state index contributed by atoms with van der Waals surface area (Å²) in [5.41, 5.74) is 2.88. The van der Waals surface area contributed by atoms with Gasteiger partial charge in [0.2, 0.25) is 0 Å². The average Bonchev–Trinajstić information content (AvgIpc) is 2.73. The minimum atomic E-state index is 0.691. The predicted molar refractivity (Wildman–Crippen MR) is 81.1 cm³/mol. The molecule has 1 aromatic rings. The first-order valence-corrected chi connectivity index (χ1v) is 7.22. The van der Waals surface area contributed by atoms with Crippen LogP contribution in [0, 0.1) is 5.92 Å². The van der Waals surface area contributed by atoms with Gasteiger partial charge < -0.3 is 10.2 Å². The van der Waals surface area contributed by atoms with Crippen LogP contribution in [-0.2, 0) is 13.1 Å². The molecule has 1 aliphatic heterocycles. The Hall–Kier alpha value is -0.900. The highest BCUT2D eigenvalue weighted by Crippen LogP contribution is 2.22. The minimum absolute atomic E-state index is 0.691. The number of nitrogens with zero attached hydrogens (tertiary/aromatic N) is 2. The van der Waals surface area contributed by atoms with Gasteiger partial charge in [-0.15, -0.1) is 0 Å². The van der Waals surface area contributed by atoms with E-state index in [0.717, 1.165) is 19.0 Å². The summed E-state index contributed by atoms with van der Waals surface area (Å²) in [7, 11) is 6.40. The van der Waals surface area contributed by atoms with Crippen LogP contribution in [0.25, 0.3) is 0 Å². The van der Waals surface area contributed by atoms with Crippen LogP contribution < -0.4 is 5.32 Å². The number of nitrogens with one attached hydrogen (secondary N) is 1. The van der Waals surface area contributed by atoms with E-state index in [1.165, 1.54) is 24.2 Å². The lowest BCUT2D eigenvalue weighted by Gasteiger charge is -2.23. The summed E-state index contributed by atoms with van der Waals surface area (Å²) in [6, 6.07) is 9.47. The molecule has 0 amide bonds. The van der Waals surface area contributed by atoms with Gasteiger partial charge in [-0.2, -0.15) is 0 Å². The van der Waals surface area contributed by atoms with E-state index < -0.39 is 0 Å². The van der Waals surface area contributed by atoms with Crippen molar-refractivity contribution in [1.29, 1.82) is 0 Å². The van der Waals surface area contributed by atoms with Gasteiger partial charge in [0.25, 0.3) is 0 Å². The molecule has 3 nitrogen and oxygen atoms in total. The van der Waals surface area contributed by atoms with E-state index in [1.54, 1.807) is 0 Å². The predicted octanol–water partition coefficient (Wildman–Crippen LogP) is 1.79. The summed E-state index contributed by atoms with van der Waals surface area (Å²) in [5.74, 6) is 0.756. The third kappa shape index (κ3) is 3.56. The molecule has 0 spiro atoms. The molecule has 1 aliphatic rings. The van der Waals surface area contributed by atoms with Crippen LogP contribution >= 0.6 is 0 Å². The maximum atomic E-state index is 3.26. The largest absolute Gasteiger partial charge is 0.316 e. The van der Waals surface area contributed by atoms with Crippen LogP contribution in [0.2, 0.25) is 0 Å². The SMILES string of the molecule is CNCc1ccccc1CN1CC(C)C(N(C)C)C1. The monoisotopic (exact) mass is 261 g/mol. The van der Waals surface area contributed by atoms with E-state index in [0.29, 0.717) is 6.04 Å². The van der Waals surface area contributed by atoms with Crippen molar-refractivity contribution in [3.63, 3.8) is 0 Å². The van der Waals surface area contributed by atoms with Gasteiger partial charge in [-0.3, -0.25) is 4.90 Å². The average molecular weight is 261 g/mol. The lowest BCUT2D eigenvalue weighted by Crippen LogP contribution is -2.34. The van der Waals surface area contributed by atoms with Gasteiger partial charge in [0.05, 0.1) is 0 Å². The molecule has 0 aromatic heterocycles. The molecule has 1 heterocycles. The first kappa shape index (κ1) is 14.5. The number of benzene rings is 1. The lowest BCUT2D eigenvalue weighted by atomic mass is 10.1. The molecule has 0 bridgehead atoms. The normalized spacial score (nSPS) is 24.3. The number of rotatable bonds is 5. The Labute approximate surface area is 117 Å². The van der Waals surface area contributed by atoms with Gasteiger partial charge in [-0.05, 0) is 38.2 Å². The molecule has 0 saturated carbocycles. The van der Waals surface area contributed by atoms with Crippen LogP contribution in [0.15, 0.2) is 24.3 Å². The highest BCUT2D eigenvalue weighted by molar-refractivity contribution is 5.27. The fourth-order valence-corrected chi connectivity index (χ4v) is 3.16. The number of likely N-dealkylation sites (N-methyl/N-ethyl adjacent to an activating group) is 1. The summed E-state index contributed by atoms with van der Waals surface area (Å²) in [6.07, 6.45) is 0. The Balaban J connectivity index is 2.02. The van der Waals surface area contributed by atoms with Gasteiger partial charge >= 0.3 is 0 Å². The topological polar surface area (TPSA) is 18.5 Å². The van der Waals surface area contributed by atoms with Crippen LogP contribution in [0.5, 0.6) is 0 Å². The van der Waals surface area contributed by atoms with Crippen molar-refractivity contribution in [3.8, 4) is 0 Å². The highest BCUT2D eigenvalue weighted by atomic mass is 15.2. The molecule has 2 atom stereocenters. The van der Waals surface area contributed by atoms with Crippen molar-refractivity contribution in [2.45, 2.75) is 26.1 Å². The fourth-order valence-electron chi connectivity index (χ4n) is 3.16. The zero-order chi connectivity index (χ0) is 13.8. The standard InChI is InChI=1S/C16H27N3/c1-13-10-19(12-16(13)18(3)4)11-15-8-6-5-7-14(15)9-17-2/h5-8,13,16-17H,9-12H2,1-4H3. The Morgan fingerprint density at radius 1 is 1.21 bits per heavy atom. The second kappa shape index (κ2) is 6.51.